The first kappa shape index (κ1) is 17.4. The molecule has 3 heterocycles. The number of pyridine rings is 1. The van der Waals surface area contributed by atoms with Crippen molar-refractivity contribution in [2.45, 2.75) is 52.5 Å². The molecule has 134 valence electrons. The van der Waals surface area contributed by atoms with Gasteiger partial charge in [0.25, 0.3) is 5.91 Å². The topological polar surface area (TPSA) is 78.3 Å². The summed E-state index contributed by atoms with van der Waals surface area (Å²) < 4.78 is 12.8. The number of ether oxygens (including phenoxy) is 2. The molecule has 0 fully saturated rings. The van der Waals surface area contributed by atoms with Crippen LogP contribution in [0.3, 0.4) is 0 Å². The highest BCUT2D eigenvalue weighted by atomic mass is 16.5. The third kappa shape index (κ3) is 3.51. The molecular weight excluding hydrogens is 320 g/mol. The molecule has 0 unspecified atom stereocenters. The van der Waals surface area contributed by atoms with E-state index >= 15 is 0 Å². The van der Waals surface area contributed by atoms with Crippen molar-refractivity contribution in [3.8, 4) is 5.75 Å². The molecule has 1 amide bonds. The number of nitrogens with zero attached hydrogens (tertiary/aromatic N) is 3. The van der Waals surface area contributed by atoms with E-state index in [0.717, 1.165) is 16.8 Å². The molecule has 0 aromatic carbocycles. The highest BCUT2D eigenvalue weighted by Gasteiger charge is 2.31. The predicted molar refractivity (Wildman–Crippen MR) is 92.5 cm³/mol. The van der Waals surface area contributed by atoms with Crippen LogP contribution in [0.1, 0.15) is 54.2 Å². The summed E-state index contributed by atoms with van der Waals surface area (Å²) in [4.78, 5) is 16.9. The molecule has 0 aliphatic carbocycles. The summed E-state index contributed by atoms with van der Waals surface area (Å²) in [5, 5.41) is 7.56. The molecular formula is C18H24N4O3. The maximum atomic E-state index is 12.8. The van der Waals surface area contributed by atoms with Crippen LogP contribution in [0.5, 0.6) is 5.75 Å². The first-order valence-electron chi connectivity index (χ1n) is 8.54. The Labute approximate surface area is 147 Å². The summed E-state index contributed by atoms with van der Waals surface area (Å²) in [5.41, 5.74) is 3.38. The number of fused-ring (bicyclic) bond motifs is 1. The number of carbonyl (C=O) groups is 1. The van der Waals surface area contributed by atoms with Crippen LogP contribution < -0.4 is 10.1 Å². The molecule has 7 heteroatoms. The van der Waals surface area contributed by atoms with Crippen molar-refractivity contribution in [3.63, 3.8) is 0 Å². The number of methoxy groups -OCH3 is 1. The van der Waals surface area contributed by atoms with Crippen LogP contribution in [-0.4, -0.2) is 33.9 Å². The van der Waals surface area contributed by atoms with Crippen LogP contribution in [-0.2, 0) is 24.2 Å². The predicted octanol–water partition coefficient (Wildman–Crippen LogP) is 2.26. The van der Waals surface area contributed by atoms with Crippen LogP contribution in [0.15, 0.2) is 18.5 Å². The van der Waals surface area contributed by atoms with Gasteiger partial charge in [-0.05, 0) is 32.4 Å². The van der Waals surface area contributed by atoms with Crippen molar-refractivity contribution in [1.29, 1.82) is 0 Å². The second-order valence-corrected chi connectivity index (χ2v) is 6.24. The lowest BCUT2D eigenvalue weighted by atomic mass is 9.99. The van der Waals surface area contributed by atoms with Gasteiger partial charge in [-0.1, -0.05) is 0 Å². The molecule has 7 nitrogen and oxygen atoms in total. The zero-order chi connectivity index (χ0) is 18.0. The smallest absolute Gasteiger partial charge is 0.270 e. The monoisotopic (exact) mass is 344 g/mol. The van der Waals surface area contributed by atoms with Gasteiger partial charge in [0.2, 0.25) is 0 Å². The van der Waals surface area contributed by atoms with E-state index in [-0.39, 0.29) is 18.1 Å². The number of hydrogen-bond acceptors (Lipinski definition) is 5. The lowest BCUT2D eigenvalue weighted by molar-refractivity contribution is -0.00712. The second kappa shape index (κ2) is 7.23. The molecule has 1 N–H and O–H groups in total. The van der Waals surface area contributed by atoms with Gasteiger partial charge in [0.05, 0.1) is 31.2 Å². The Hall–Kier alpha value is -2.41. The van der Waals surface area contributed by atoms with Crippen LogP contribution >= 0.6 is 0 Å². The molecule has 2 aromatic heterocycles. The van der Waals surface area contributed by atoms with Crippen molar-refractivity contribution in [1.82, 2.24) is 20.1 Å². The Morgan fingerprint density at radius 3 is 2.96 bits per heavy atom. The van der Waals surface area contributed by atoms with E-state index < -0.39 is 0 Å². The molecule has 25 heavy (non-hydrogen) atoms. The van der Waals surface area contributed by atoms with Gasteiger partial charge < -0.3 is 14.8 Å². The molecule has 0 radical (unpaired) electrons. The van der Waals surface area contributed by atoms with Gasteiger partial charge in [0.1, 0.15) is 11.4 Å². The number of carbonyl (C=O) groups excluding carboxylic acids is 1. The van der Waals surface area contributed by atoms with Crippen molar-refractivity contribution >= 4 is 5.91 Å². The van der Waals surface area contributed by atoms with Gasteiger partial charge in [-0.2, -0.15) is 5.10 Å². The fourth-order valence-corrected chi connectivity index (χ4v) is 3.22. The molecule has 1 aliphatic heterocycles. The Kier molecular flexibility index (Phi) is 5.03. The fourth-order valence-electron chi connectivity index (χ4n) is 3.22. The number of hydrogen-bond donors (Lipinski definition) is 1. The van der Waals surface area contributed by atoms with Gasteiger partial charge in [0, 0.05) is 31.3 Å². The summed E-state index contributed by atoms with van der Waals surface area (Å²) in [7, 11) is 1.59. The maximum absolute atomic E-state index is 12.8. The van der Waals surface area contributed by atoms with Gasteiger partial charge >= 0.3 is 0 Å². The van der Waals surface area contributed by atoms with E-state index in [1.165, 1.54) is 0 Å². The van der Waals surface area contributed by atoms with E-state index in [9.17, 15) is 4.79 Å². The van der Waals surface area contributed by atoms with Crippen LogP contribution in [0.2, 0.25) is 0 Å². The van der Waals surface area contributed by atoms with Crippen LogP contribution in [0.4, 0.5) is 0 Å². The molecule has 0 spiro atoms. The number of rotatable bonds is 5. The Balaban J connectivity index is 1.82. The molecule has 3 rings (SSSR count). The van der Waals surface area contributed by atoms with E-state index in [1.807, 2.05) is 26.8 Å². The van der Waals surface area contributed by atoms with Gasteiger partial charge in [-0.3, -0.25) is 14.5 Å². The average Bonchev–Trinajstić information content (AvgIpc) is 2.98. The SMILES string of the molecule is CCn1nc2c(c1C(=O)NCc1cncc(OC)c1)C[C@H](C)O[C@@H]2C. The van der Waals surface area contributed by atoms with E-state index in [0.29, 0.717) is 31.0 Å². The highest BCUT2D eigenvalue weighted by Crippen LogP contribution is 2.31. The highest BCUT2D eigenvalue weighted by molar-refractivity contribution is 5.94. The molecule has 2 atom stereocenters. The summed E-state index contributed by atoms with van der Waals surface area (Å²) in [6, 6.07) is 1.86. The number of amides is 1. The first-order valence-corrected chi connectivity index (χ1v) is 8.54. The number of nitrogens with one attached hydrogen (secondary N) is 1. The Bertz CT molecular complexity index is 772. The Morgan fingerprint density at radius 2 is 2.24 bits per heavy atom. The first-order chi connectivity index (χ1) is 12.0. The largest absolute Gasteiger partial charge is 0.495 e. The number of aromatic nitrogens is 3. The van der Waals surface area contributed by atoms with Crippen LogP contribution in [0, 0.1) is 0 Å². The zero-order valence-corrected chi connectivity index (χ0v) is 15.1. The Morgan fingerprint density at radius 1 is 1.44 bits per heavy atom. The second-order valence-electron chi connectivity index (χ2n) is 6.24. The van der Waals surface area contributed by atoms with Gasteiger partial charge in [-0.15, -0.1) is 0 Å². The molecule has 0 bridgehead atoms. The summed E-state index contributed by atoms with van der Waals surface area (Å²) in [6.45, 7) is 7.00. The van der Waals surface area contributed by atoms with Gasteiger partial charge in [0.15, 0.2) is 0 Å². The molecule has 0 saturated carbocycles. The minimum absolute atomic E-state index is 0.0751. The molecule has 0 saturated heterocycles. The molecule has 1 aliphatic rings. The van der Waals surface area contributed by atoms with Crippen molar-refractivity contribution in [3.05, 3.63) is 41.0 Å². The standard InChI is InChI=1S/C18H24N4O3/c1-5-22-17(15-6-11(2)25-12(3)16(15)21-22)18(23)20-9-13-7-14(24-4)10-19-8-13/h7-8,10-12H,5-6,9H2,1-4H3,(H,20,23)/t11-,12+/m0/s1. The third-order valence-corrected chi connectivity index (χ3v) is 4.37. The van der Waals surface area contributed by atoms with E-state index in [4.69, 9.17) is 9.47 Å². The summed E-state index contributed by atoms with van der Waals surface area (Å²) in [5.74, 6) is 0.544. The third-order valence-electron chi connectivity index (χ3n) is 4.37. The van der Waals surface area contributed by atoms with E-state index in [2.05, 4.69) is 15.4 Å². The maximum Gasteiger partial charge on any atom is 0.270 e. The lowest BCUT2D eigenvalue weighted by Crippen LogP contribution is -2.28. The van der Waals surface area contributed by atoms with Crippen molar-refractivity contribution < 1.29 is 14.3 Å². The lowest BCUT2D eigenvalue weighted by Gasteiger charge is -2.24. The minimum Gasteiger partial charge on any atom is -0.495 e. The summed E-state index contributed by atoms with van der Waals surface area (Å²) >= 11 is 0. The summed E-state index contributed by atoms with van der Waals surface area (Å²) in [6.07, 6.45) is 4.03. The normalized spacial score (nSPS) is 19.4. The minimum atomic E-state index is -0.125. The zero-order valence-electron chi connectivity index (χ0n) is 15.1. The van der Waals surface area contributed by atoms with Gasteiger partial charge in [-0.25, -0.2) is 0 Å². The van der Waals surface area contributed by atoms with Crippen LogP contribution in [0.25, 0.3) is 0 Å². The fraction of sp³-hybridized carbons (Fsp3) is 0.500. The van der Waals surface area contributed by atoms with Crippen molar-refractivity contribution in [2.75, 3.05) is 7.11 Å². The average molecular weight is 344 g/mol. The number of aryl methyl sites for hydroxylation is 1. The van der Waals surface area contributed by atoms with Crippen molar-refractivity contribution in [2.24, 2.45) is 0 Å². The quantitative estimate of drug-likeness (QED) is 0.900. The van der Waals surface area contributed by atoms with E-state index in [1.54, 1.807) is 24.2 Å². The molecule has 2 aromatic rings.